The number of carbonyl (C=O) groups excluding carboxylic acids is 2. The Kier molecular flexibility index (Phi) is 5.64. The number of thioether (sulfide) groups is 1. The highest BCUT2D eigenvalue weighted by atomic mass is 32.2. The van der Waals surface area contributed by atoms with E-state index >= 15 is 0 Å². The van der Waals surface area contributed by atoms with Gasteiger partial charge in [-0.2, -0.15) is 0 Å². The van der Waals surface area contributed by atoms with E-state index in [0.29, 0.717) is 26.2 Å². The number of carbonyl (C=O) groups is 2. The second-order valence-electron chi connectivity index (χ2n) is 5.04. The third-order valence-corrected chi connectivity index (χ3v) is 4.31. The summed E-state index contributed by atoms with van der Waals surface area (Å²) >= 11 is 1.69. The molecule has 1 aromatic carbocycles. The lowest BCUT2D eigenvalue weighted by Crippen LogP contribution is -2.57. The van der Waals surface area contributed by atoms with Gasteiger partial charge < -0.3 is 15.5 Å². The molecule has 1 atom stereocenters. The number of benzene rings is 1. The molecule has 0 bridgehead atoms. The first kappa shape index (κ1) is 15.9. The molecule has 0 unspecified atom stereocenters. The van der Waals surface area contributed by atoms with Crippen LogP contribution in [0.25, 0.3) is 0 Å². The molecule has 0 aliphatic carbocycles. The molecule has 114 valence electrons. The summed E-state index contributed by atoms with van der Waals surface area (Å²) in [6.45, 7) is 3.79. The Hall–Kier alpha value is -1.53. The van der Waals surface area contributed by atoms with Crippen molar-refractivity contribution in [2.45, 2.75) is 24.4 Å². The van der Waals surface area contributed by atoms with E-state index in [1.54, 1.807) is 16.7 Å². The van der Waals surface area contributed by atoms with E-state index in [-0.39, 0.29) is 17.9 Å². The van der Waals surface area contributed by atoms with Crippen LogP contribution in [0, 0.1) is 0 Å². The van der Waals surface area contributed by atoms with Gasteiger partial charge in [0.25, 0.3) is 0 Å². The van der Waals surface area contributed by atoms with Crippen molar-refractivity contribution >= 4 is 23.6 Å². The number of rotatable bonds is 4. The molecule has 1 aliphatic rings. The minimum Gasteiger partial charge on any atom is -0.351 e. The Morgan fingerprint density at radius 1 is 1.38 bits per heavy atom. The first-order valence-electron chi connectivity index (χ1n) is 6.99. The zero-order chi connectivity index (χ0) is 15.2. The molecule has 5 nitrogen and oxygen atoms in total. The molecule has 2 rings (SSSR count). The van der Waals surface area contributed by atoms with Gasteiger partial charge in [0, 0.05) is 38.0 Å². The monoisotopic (exact) mass is 307 g/mol. The second kappa shape index (κ2) is 7.47. The molecule has 1 fully saturated rings. The van der Waals surface area contributed by atoms with Crippen LogP contribution >= 0.6 is 11.8 Å². The summed E-state index contributed by atoms with van der Waals surface area (Å²) < 4.78 is 0. The fourth-order valence-electron chi connectivity index (χ4n) is 2.27. The Labute approximate surface area is 129 Å². The van der Waals surface area contributed by atoms with Crippen molar-refractivity contribution in [1.29, 1.82) is 0 Å². The molecule has 1 saturated heterocycles. The van der Waals surface area contributed by atoms with E-state index in [2.05, 4.69) is 10.6 Å². The van der Waals surface area contributed by atoms with Crippen LogP contribution in [0.1, 0.15) is 12.5 Å². The fraction of sp³-hybridized carbons (Fsp3) is 0.467. The van der Waals surface area contributed by atoms with E-state index in [4.69, 9.17) is 0 Å². The first-order chi connectivity index (χ1) is 10.1. The average Bonchev–Trinajstić information content (AvgIpc) is 2.53. The van der Waals surface area contributed by atoms with Gasteiger partial charge in [0.2, 0.25) is 11.8 Å². The van der Waals surface area contributed by atoms with Gasteiger partial charge in [-0.15, -0.1) is 11.8 Å². The van der Waals surface area contributed by atoms with Crippen molar-refractivity contribution in [3.8, 4) is 0 Å². The number of piperazine rings is 1. The second-order valence-corrected chi connectivity index (χ2v) is 5.92. The molecule has 1 aromatic rings. The van der Waals surface area contributed by atoms with Crippen molar-refractivity contribution in [3.05, 3.63) is 29.8 Å². The van der Waals surface area contributed by atoms with Gasteiger partial charge in [-0.25, -0.2) is 0 Å². The molecule has 0 aromatic heterocycles. The Bertz CT molecular complexity index is 504. The molecule has 6 heteroatoms. The number of hydrogen-bond donors (Lipinski definition) is 2. The number of nitrogens with one attached hydrogen (secondary N) is 2. The third kappa shape index (κ3) is 4.47. The smallest absolute Gasteiger partial charge is 0.239 e. The standard InChI is InChI=1S/C15H21N3O2S/c1-11(19)18-8-7-16-14(10-18)15(20)17-9-12-3-5-13(21-2)6-4-12/h3-6,14,16H,7-10H2,1-2H3,(H,17,20)/t14-/m1/s1. The molecular formula is C15H21N3O2S. The van der Waals surface area contributed by atoms with Crippen molar-refractivity contribution in [1.82, 2.24) is 15.5 Å². The van der Waals surface area contributed by atoms with Crippen molar-refractivity contribution < 1.29 is 9.59 Å². The molecule has 2 N–H and O–H groups in total. The van der Waals surface area contributed by atoms with Crippen LogP contribution in [-0.2, 0) is 16.1 Å². The Morgan fingerprint density at radius 3 is 2.71 bits per heavy atom. The molecular weight excluding hydrogens is 286 g/mol. The maximum atomic E-state index is 12.1. The minimum atomic E-state index is -0.326. The molecule has 0 saturated carbocycles. The van der Waals surface area contributed by atoms with E-state index in [9.17, 15) is 9.59 Å². The van der Waals surface area contributed by atoms with Crippen LogP contribution in [0.15, 0.2) is 29.2 Å². The van der Waals surface area contributed by atoms with Gasteiger partial charge in [-0.05, 0) is 24.0 Å². The van der Waals surface area contributed by atoms with E-state index in [1.165, 1.54) is 11.8 Å². The van der Waals surface area contributed by atoms with Gasteiger partial charge in [-0.1, -0.05) is 12.1 Å². The normalized spacial score (nSPS) is 18.4. The lowest BCUT2D eigenvalue weighted by atomic mass is 10.1. The van der Waals surface area contributed by atoms with Gasteiger partial charge >= 0.3 is 0 Å². The topological polar surface area (TPSA) is 61.4 Å². The van der Waals surface area contributed by atoms with Gasteiger partial charge in [0.1, 0.15) is 6.04 Å². The van der Waals surface area contributed by atoms with Gasteiger partial charge in [0.15, 0.2) is 0 Å². The first-order valence-corrected chi connectivity index (χ1v) is 8.22. The maximum absolute atomic E-state index is 12.1. The zero-order valence-electron chi connectivity index (χ0n) is 12.4. The van der Waals surface area contributed by atoms with Crippen LogP contribution in [0.4, 0.5) is 0 Å². The van der Waals surface area contributed by atoms with Crippen LogP contribution in [0.5, 0.6) is 0 Å². The molecule has 0 radical (unpaired) electrons. The predicted octanol–water partition coefficient (Wildman–Crippen LogP) is 0.845. The minimum absolute atomic E-state index is 0.0157. The number of hydrogen-bond acceptors (Lipinski definition) is 4. The maximum Gasteiger partial charge on any atom is 0.239 e. The van der Waals surface area contributed by atoms with Crippen molar-refractivity contribution in [2.24, 2.45) is 0 Å². The average molecular weight is 307 g/mol. The van der Waals surface area contributed by atoms with Crippen LogP contribution in [0.2, 0.25) is 0 Å². The summed E-state index contributed by atoms with van der Waals surface area (Å²) in [6, 6.07) is 7.79. The summed E-state index contributed by atoms with van der Waals surface area (Å²) in [5.74, 6) is -0.0446. The Morgan fingerprint density at radius 2 is 2.10 bits per heavy atom. The SMILES string of the molecule is CSc1ccc(CNC(=O)[C@H]2CN(C(C)=O)CCN2)cc1. The summed E-state index contributed by atoms with van der Waals surface area (Å²) in [5.41, 5.74) is 1.07. The summed E-state index contributed by atoms with van der Waals surface area (Å²) in [6.07, 6.45) is 2.03. The van der Waals surface area contributed by atoms with Crippen LogP contribution < -0.4 is 10.6 Å². The summed E-state index contributed by atoms with van der Waals surface area (Å²) in [7, 11) is 0. The zero-order valence-corrected chi connectivity index (χ0v) is 13.2. The summed E-state index contributed by atoms with van der Waals surface area (Å²) in [5, 5.41) is 6.07. The van der Waals surface area contributed by atoms with Crippen molar-refractivity contribution in [2.75, 3.05) is 25.9 Å². The highest BCUT2D eigenvalue weighted by molar-refractivity contribution is 7.98. The predicted molar refractivity (Wildman–Crippen MR) is 84.1 cm³/mol. The Balaban J connectivity index is 1.84. The largest absolute Gasteiger partial charge is 0.351 e. The molecule has 0 spiro atoms. The third-order valence-electron chi connectivity index (χ3n) is 3.56. The van der Waals surface area contributed by atoms with Gasteiger partial charge in [-0.3, -0.25) is 9.59 Å². The quantitative estimate of drug-likeness (QED) is 0.810. The van der Waals surface area contributed by atoms with Gasteiger partial charge in [0.05, 0.1) is 0 Å². The highest BCUT2D eigenvalue weighted by Crippen LogP contribution is 2.14. The van der Waals surface area contributed by atoms with Crippen molar-refractivity contribution in [3.63, 3.8) is 0 Å². The molecule has 1 heterocycles. The summed E-state index contributed by atoms with van der Waals surface area (Å²) in [4.78, 5) is 26.4. The van der Waals surface area contributed by atoms with Crippen LogP contribution in [0.3, 0.4) is 0 Å². The van der Waals surface area contributed by atoms with E-state index < -0.39 is 0 Å². The molecule has 2 amide bonds. The van der Waals surface area contributed by atoms with Crippen LogP contribution in [-0.4, -0.2) is 48.6 Å². The number of amides is 2. The molecule has 1 aliphatic heterocycles. The van der Waals surface area contributed by atoms with E-state index in [0.717, 1.165) is 5.56 Å². The molecule has 21 heavy (non-hydrogen) atoms. The fourth-order valence-corrected chi connectivity index (χ4v) is 2.68. The van der Waals surface area contributed by atoms with E-state index in [1.807, 2.05) is 30.5 Å². The lowest BCUT2D eigenvalue weighted by Gasteiger charge is -2.32. The lowest BCUT2D eigenvalue weighted by molar-refractivity contribution is -0.132. The number of nitrogens with zero attached hydrogens (tertiary/aromatic N) is 1. The highest BCUT2D eigenvalue weighted by Gasteiger charge is 2.26.